The van der Waals surface area contributed by atoms with Gasteiger partial charge >= 0.3 is 6.18 Å². The molecule has 0 spiro atoms. The van der Waals surface area contributed by atoms with Crippen molar-refractivity contribution < 1.29 is 13.2 Å². The number of nitrogens with one attached hydrogen (secondary N) is 2. The predicted molar refractivity (Wildman–Crippen MR) is 109 cm³/mol. The van der Waals surface area contributed by atoms with Crippen LogP contribution in [-0.4, -0.2) is 36.1 Å². The van der Waals surface area contributed by atoms with Gasteiger partial charge in [0.15, 0.2) is 0 Å². The predicted octanol–water partition coefficient (Wildman–Crippen LogP) is 4.38. The molecule has 0 unspecified atom stereocenters. The van der Waals surface area contributed by atoms with E-state index < -0.39 is 11.7 Å². The monoisotopic (exact) mass is 407 g/mol. The molecule has 2 N–H and O–H groups in total. The van der Waals surface area contributed by atoms with E-state index in [-0.39, 0.29) is 0 Å². The third-order valence-corrected chi connectivity index (χ3v) is 5.21. The summed E-state index contributed by atoms with van der Waals surface area (Å²) < 4.78 is 38.5. The number of halogens is 3. The maximum absolute atomic E-state index is 12.8. The van der Waals surface area contributed by atoms with E-state index in [1.807, 2.05) is 32.0 Å². The quantitative estimate of drug-likeness (QED) is 0.744. The van der Waals surface area contributed by atoms with E-state index in [4.69, 9.17) is 0 Å². The van der Waals surface area contributed by atoms with Gasteiger partial charge in [-0.15, -0.1) is 0 Å². The second kappa shape index (κ2) is 8.98. The number of hydrogen-bond acceptors (Lipinski definition) is 5. The van der Waals surface area contributed by atoms with E-state index >= 15 is 0 Å². The van der Waals surface area contributed by atoms with Gasteiger partial charge in [-0.05, 0) is 44.2 Å². The molecule has 5 nitrogen and oxygen atoms in total. The molecule has 2 aromatic rings. The highest BCUT2D eigenvalue weighted by atomic mass is 19.4. The third kappa shape index (κ3) is 6.06. The normalized spacial score (nSPS) is 19.8. The van der Waals surface area contributed by atoms with Crippen molar-refractivity contribution in [1.82, 2.24) is 15.3 Å². The Bertz CT molecular complexity index is 814. The zero-order valence-electron chi connectivity index (χ0n) is 17.1. The molecule has 8 heteroatoms. The van der Waals surface area contributed by atoms with E-state index in [0.29, 0.717) is 24.2 Å². The van der Waals surface area contributed by atoms with Gasteiger partial charge in [-0.3, -0.25) is 0 Å². The molecule has 1 fully saturated rings. The lowest BCUT2D eigenvalue weighted by molar-refractivity contribution is -0.137. The smallest absolute Gasteiger partial charge is 0.367 e. The van der Waals surface area contributed by atoms with Crippen molar-refractivity contribution in [2.45, 2.75) is 57.4 Å². The minimum Gasteiger partial charge on any atom is -0.367 e. The fraction of sp³-hybridized carbons (Fsp3) is 0.524. The molecule has 1 aliphatic carbocycles. The molecule has 0 bridgehead atoms. The highest BCUT2D eigenvalue weighted by molar-refractivity contribution is 5.49. The van der Waals surface area contributed by atoms with Crippen molar-refractivity contribution in [2.24, 2.45) is 0 Å². The van der Waals surface area contributed by atoms with Crippen LogP contribution in [0.2, 0.25) is 0 Å². The molecule has 0 aliphatic heterocycles. The number of nitrogens with zero attached hydrogens (tertiary/aromatic N) is 3. The fourth-order valence-electron chi connectivity index (χ4n) is 3.63. The number of benzene rings is 1. The van der Waals surface area contributed by atoms with E-state index in [1.54, 1.807) is 6.07 Å². The summed E-state index contributed by atoms with van der Waals surface area (Å²) in [5.74, 6) is 2.44. The maximum Gasteiger partial charge on any atom is 0.416 e. The van der Waals surface area contributed by atoms with Crippen LogP contribution in [0.15, 0.2) is 30.3 Å². The average Bonchev–Trinajstić information content (AvgIpc) is 2.66. The Hall–Kier alpha value is -2.35. The van der Waals surface area contributed by atoms with Crippen LogP contribution in [0, 0.1) is 6.92 Å². The van der Waals surface area contributed by atoms with Gasteiger partial charge in [0.25, 0.3) is 0 Å². The first-order chi connectivity index (χ1) is 13.7. The fourth-order valence-corrected chi connectivity index (χ4v) is 3.63. The summed E-state index contributed by atoms with van der Waals surface area (Å²) in [6.07, 6.45) is -0.380. The first-order valence-corrected chi connectivity index (χ1v) is 9.90. The topological polar surface area (TPSA) is 53.1 Å². The van der Waals surface area contributed by atoms with Gasteiger partial charge in [0.1, 0.15) is 17.5 Å². The second-order valence-electron chi connectivity index (χ2n) is 7.82. The summed E-state index contributed by atoms with van der Waals surface area (Å²) in [6.45, 7) is 2.33. The number of rotatable bonds is 6. The summed E-state index contributed by atoms with van der Waals surface area (Å²) >= 11 is 0. The van der Waals surface area contributed by atoms with Crippen molar-refractivity contribution in [3.63, 3.8) is 0 Å². The van der Waals surface area contributed by atoms with Gasteiger partial charge in [0, 0.05) is 38.8 Å². The van der Waals surface area contributed by atoms with Crippen molar-refractivity contribution in [2.75, 3.05) is 24.3 Å². The van der Waals surface area contributed by atoms with Gasteiger partial charge in [-0.2, -0.15) is 13.2 Å². The minimum atomic E-state index is -4.30. The Kier molecular flexibility index (Phi) is 6.62. The average molecular weight is 407 g/mol. The van der Waals surface area contributed by atoms with Gasteiger partial charge in [0.2, 0.25) is 0 Å². The van der Waals surface area contributed by atoms with Crippen LogP contribution in [0.4, 0.5) is 24.8 Å². The lowest BCUT2D eigenvalue weighted by Gasteiger charge is -2.30. The largest absolute Gasteiger partial charge is 0.416 e. The lowest BCUT2D eigenvalue weighted by Crippen LogP contribution is -2.36. The SMILES string of the molecule is Cc1nc(NC2CCC(NCc3cccc(C(F)(F)F)c3)CC2)cc(N(C)C)n1. The van der Waals surface area contributed by atoms with Crippen molar-refractivity contribution in [3.05, 3.63) is 47.3 Å². The van der Waals surface area contributed by atoms with Crippen LogP contribution < -0.4 is 15.5 Å². The molecule has 0 atom stereocenters. The molecule has 1 saturated carbocycles. The van der Waals surface area contributed by atoms with Crippen LogP contribution in [0.5, 0.6) is 0 Å². The van der Waals surface area contributed by atoms with Crippen LogP contribution >= 0.6 is 0 Å². The van der Waals surface area contributed by atoms with E-state index in [1.165, 1.54) is 12.1 Å². The molecule has 3 rings (SSSR count). The molecule has 0 amide bonds. The zero-order chi connectivity index (χ0) is 21.0. The van der Waals surface area contributed by atoms with Crippen molar-refractivity contribution >= 4 is 11.6 Å². The standard InChI is InChI=1S/C21H28F3N5/c1-14-26-19(12-20(27-14)29(2)3)28-18-9-7-17(8-10-18)25-13-15-5-4-6-16(11-15)21(22,23)24/h4-6,11-12,17-18,25H,7-10,13H2,1-3H3,(H,26,27,28). The summed E-state index contributed by atoms with van der Waals surface area (Å²) in [7, 11) is 3.90. The van der Waals surface area contributed by atoms with Crippen molar-refractivity contribution in [1.29, 1.82) is 0 Å². The first kappa shape index (κ1) is 21.4. The van der Waals surface area contributed by atoms with Gasteiger partial charge < -0.3 is 15.5 Å². The Balaban J connectivity index is 1.49. The van der Waals surface area contributed by atoms with Crippen LogP contribution in [0.25, 0.3) is 0 Å². The summed E-state index contributed by atoms with van der Waals surface area (Å²) in [5.41, 5.74) is 0.0645. The van der Waals surface area contributed by atoms with E-state index in [0.717, 1.165) is 49.2 Å². The van der Waals surface area contributed by atoms with Gasteiger partial charge in [-0.1, -0.05) is 18.2 Å². The number of alkyl halides is 3. The van der Waals surface area contributed by atoms with E-state index in [2.05, 4.69) is 20.6 Å². The minimum absolute atomic E-state index is 0.312. The Labute approximate surface area is 169 Å². The Morgan fingerprint density at radius 2 is 1.72 bits per heavy atom. The number of hydrogen-bond donors (Lipinski definition) is 2. The molecule has 0 radical (unpaired) electrons. The zero-order valence-corrected chi connectivity index (χ0v) is 17.1. The van der Waals surface area contributed by atoms with Gasteiger partial charge in [0.05, 0.1) is 5.56 Å². The number of aryl methyl sites for hydroxylation is 1. The Morgan fingerprint density at radius 1 is 1.03 bits per heavy atom. The van der Waals surface area contributed by atoms with Crippen LogP contribution in [0.1, 0.15) is 42.6 Å². The molecule has 1 aromatic carbocycles. The molecule has 1 aliphatic rings. The molecular weight excluding hydrogens is 379 g/mol. The van der Waals surface area contributed by atoms with Crippen LogP contribution in [-0.2, 0) is 12.7 Å². The highest BCUT2D eigenvalue weighted by Crippen LogP contribution is 2.29. The molecule has 1 aromatic heterocycles. The van der Waals surface area contributed by atoms with E-state index in [9.17, 15) is 13.2 Å². The summed E-state index contributed by atoms with van der Waals surface area (Å²) in [4.78, 5) is 10.8. The van der Waals surface area contributed by atoms with Crippen molar-refractivity contribution in [3.8, 4) is 0 Å². The molecule has 0 saturated heterocycles. The molecular formula is C21H28F3N5. The summed E-state index contributed by atoms with van der Waals surface area (Å²) in [6, 6.07) is 8.13. The van der Waals surface area contributed by atoms with Crippen LogP contribution in [0.3, 0.4) is 0 Å². The number of anilines is 2. The molecule has 158 valence electrons. The molecule has 29 heavy (non-hydrogen) atoms. The molecule has 1 heterocycles. The highest BCUT2D eigenvalue weighted by Gasteiger charge is 2.30. The second-order valence-corrected chi connectivity index (χ2v) is 7.82. The van der Waals surface area contributed by atoms with Gasteiger partial charge in [-0.25, -0.2) is 9.97 Å². The summed E-state index contributed by atoms with van der Waals surface area (Å²) in [5, 5.41) is 6.91. The maximum atomic E-state index is 12.8. The lowest BCUT2D eigenvalue weighted by atomic mass is 9.91. The third-order valence-electron chi connectivity index (χ3n) is 5.21. The number of aromatic nitrogens is 2. The Morgan fingerprint density at radius 3 is 2.38 bits per heavy atom. The first-order valence-electron chi connectivity index (χ1n) is 9.90.